The van der Waals surface area contributed by atoms with E-state index in [1.165, 1.54) is 12.8 Å². The van der Waals surface area contributed by atoms with Gasteiger partial charge in [0, 0.05) is 23.8 Å². The van der Waals surface area contributed by atoms with Crippen molar-refractivity contribution >= 4 is 17.3 Å². The van der Waals surface area contributed by atoms with Gasteiger partial charge in [0.2, 0.25) is 0 Å². The minimum atomic E-state index is 0.112. The van der Waals surface area contributed by atoms with Crippen molar-refractivity contribution in [3.05, 3.63) is 52.6 Å². The van der Waals surface area contributed by atoms with Crippen LogP contribution in [0.4, 0.5) is 0 Å². The Kier molecular flexibility index (Phi) is 6.07. The third-order valence-electron chi connectivity index (χ3n) is 3.74. The summed E-state index contributed by atoms with van der Waals surface area (Å²) in [4.78, 5) is 2.33. The average Bonchev–Trinajstić information content (AvgIpc) is 2.82. The summed E-state index contributed by atoms with van der Waals surface area (Å²) in [6, 6.07) is 11.5. The van der Waals surface area contributed by atoms with Crippen molar-refractivity contribution in [3.8, 4) is 12.1 Å². The van der Waals surface area contributed by atoms with Gasteiger partial charge in [-0.15, -0.1) is 0 Å². The number of nitriles is 2. The molecule has 1 aromatic rings. The summed E-state index contributed by atoms with van der Waals surface area (Å²) in [5.74, 6) is 0. The van der Waals surface area contributed by atoms with Crippen LogP contribution < -0.4 is 0 Å². The van der Waals surface area contributed by atoms with E-state index >= 15 is 0 Å². The molecule has 4 heteroatoms. The van der Waals surface area contributed by atoms with E-state index < -0.39 is 0 Å². The van der Waals surface area contributed by atoms with Crippen LogP contribution in [0.25, 0.3) is 5.70 Å². The molecular formula is C18H18ClN3. The second-order valence-electron chi connectivity index (χ2n) is 5.26. The summed E-state index contributed by atoms with van der Waals surface area (Å²) in [6.07, 6.45) is 8.30. The summed E-state index contributed by atoms with van der Waals surface area (Å²) in [5, 5.41) is 18.5. The third kappa shape index (κ3) is 4.38. The number of rotatable bonds is 3. The molecule has 0 atom stereocenters. The number of likely N-dealkylation sites (tertiary alicyclic amines) is 1. The van der Waals surface area contributed by atoms with Crippen molar-refractivity contribution in [1.29, 1.82) is 10.5 Å². The zero-order valence-corrected chi connectivity index (χ0v) is 13.2. The van der Waals surface area contributed by atoms with E-state index in [0.717, 1.165) is 37.2 Å². The number of benzene rings is 1. The first-order chi connectivity index (χ1) is 10.7. The maximum Gasteiger partial charge on any atom is 0.129 e. The van der Waals surface area contributed by atoms with Crippen molar-refractivity contribution in [2.24, 2.45) is 0 Å². The average molecular weight is 312 g/mol. The number of halogens is 1. The van der Waals surface area contributed by atoms with Gasteiger partial charge in [-0.3, -0.25) is 0 Å². The van der Waals surface area contributed by atoms with Gasteiger partial charge in [0.1, 0.15) is 17.7 Å². The quantitative estimate of drug-likeness (QED) is 0.608. The van der Waals surface area contributed by atoms with Gasteiger partial charge in [0.05, 0.1) is 0 Å². The van der Waals surface area contributed by atoms with Gasteiger partial charge in [-0.2, -0.15) is 10.5 Å². The lowest BCUT2D eigenvalue weighted by atomic mass is 10.1. The lowest BCUT2D eigenvalue weighted by molar-refractivity contribution is 0.413. The summed E-state index contributed by atoms with van der Waals surface area (Å²) in [5.41, 5.74) is 2.21. The fourth-order valence-electron chi connectivity index (χ4n) is 2.58. The third-order valence-corrected chi connectivity index (χ3v) is 3.99. The molecule has 1 saturated heterocycles. The van der Waals surface area contributed by atoms with Crippen molar-refractivity contribution in [2.75, 3.05) is 13.1 Å². The number of allylic oxidation sites excluding steroid dienone is 3. The molecule has 0 saturated carbocycles. The van der Waals surface area contributed by atoms with E-state index in [1.807, 2.05) is 42.5 Å². The molecule has 0 bridgehead atoms. The second kappa shape index (κ2) is 8.27. The van der Waals surface area contributed by atoms with Gasteiger partial charge < -0.3 is 4.90 Å². The predicted molar refractivity (Wildman–Crippen MR) is 88.8 cm³/mol. The monoisotopic (exact) mass is 311 g/mol. The smallest absolute Gasteiger partial charge is 0.129 e. The highest BCUT2D eigenvalue weighted by Gasteiger charge is 2.13. The number of nitrogens with zero attached hydrogens (tertiary/aromatic N) is 3. The van der Waals surface area contributed by atoms with Crippen LogP contribution in [-0.2, 0) is 0 Å². The molecule has 0 aliphatic carbocycles. The van der Waals surface area contributed by atoms with Crippen molar-refractivity contribution in [3.63, 3.8) is 0 Å². The van der Waals surface area contributed by atoms with Crippen LogP contribution in [0.3, 0.4) is 0 Å². The Labute approximate surface area is 136 Å². The lowest BCUT2D eigenvalue weighted by Gasteiger charge is -2.26. The molecule has 1 aliphatic rings. The van der Waals surface area contributed by atoms with Crippen LogP contribution in [-0.4, -0.2) is 18.0 Å². The van der Waals surface area contributed by atoms with Crippen LogP contribution in [0.1, 0.15) is 31.2 Å². The largest absolute Gasteiger partial charge is 0.371 e. The zero-order chi connectivity index (χ0) is 15.8. The van der Waals surface area contributed by atoms with Crippen LogP contribution in [0.15, 0.2) is 42.0 Å². The molecule has 1 heterocycles. The molecule has 22 heavy (non-hydrogen) atoms. The Hall–Kier alpha value is -2.23. The van der Waals surface area contributed by atoms with E-state index in [-0.39, 0.29) is 5.57 Å². The summed E-state index contributed by atoms with van der Waals surface area (Å²) in [6.45, 7) is 1.99. The minimum absolute atomic E-state index is 0.112. The predicted octanol–water partition coefficient (Wildman–Crippen LogP) is 4.53. The fraction of sp³-hybridized carbons (Fsp3) is 0.333. The Morgan fingerprint density at radius 3 is 2.09 bits per heavy atom. The van der Waals surface area contributed by atoms with Crippen LogP contribution in [0.2, 0.25) is 5.02 Å². The van der Waals surface area contributed by atoms with Crippen molar-refractivity contribution < 1.29 is 0 Å². The molecule has 3 nitrogen and oxygen atoms in total. The molecular weight excluding hydrogens is 294 g/mol. The molecule has 2 rings (SSSR count). The fourth-order valence-corrected chi connectivity index (χ4v) is 2.70. The number of hydrogen-bond donors (Lipinski definition) is 0. The van der Waals surface area contributed by atoms with Crippen LogP contribution >= 0.6 is 11.6 Å². The summed E-state index contributed by atoms with van der Waals surface area (Å²) >= 11 is 5.97. The summed E-state index contributed by atoms with van der Waals surface area (Å²) < 4.78 is 0. The lowest BCUT2D eigenvalue weighted by Crippen LogP contribution is -2.23. The second-order valence-corrected chi connectivity index (χ2v) is 5.70. The van der Waals surface area contributed by atoms with E-state index in [9.17, 15) is 0 Å². The van der Waals surface area contributed by atoms with Gasteiger partial charge in [-0.05, 0) is 42.7 Å². The molecule has 0 unspecified atom stereocenters. The minimum Gasteiger partial charge on any atom is -0.371 e. The first-order valence-electron chi connectivity index (χ1n) is 7.47. The van der Waals surface area contributed by atoms with Gasteiger partial charge in [0.25, 0.3) is 0 Å². The Morgan fingerprint density at radius 1 is 0.955 bits per heavy atom. The van der Waals surface area contributed by atoms with E-state index in [0.29, 0.717) is 5.02 Å². The zero-order valence-electron chi connectivity index (χ0n) is 12.4. The molecule has 112 valence electrons. The standard InChI is InChI=1S/C18H18ClN3/c19-17-8-6-16(7-9-17)18(10-5-15(13-20)14-21)22-11-3-1-2-4-12-22/h5-10H,1-4,11-12H2. The number of hydrogen-bond acceptors (Lipinski definition) is 3. The van der Waals surface area contributed by atoms with Crippen LogP contribution in [0.5, 0.6) is 0 Å². The topological polar surface area (TPSA) is 50.8 Å². The maximum absolute atomic E-state index is 8.90. The molecule has 0 aromatic heterocycles. The first-order valence-corrected chi connectivity index (χ1v) is 7.85. The molecule has 0 radical (unpaired) electrons. The van der Waals surface area contributed by atoms with Gasteiger partial charge in [-0.25, -0.2) is 0 Å². The van der Waals surface area contributed by atoms with Gasteiger partial charge in [-0.1, -0.05) is 36.6 Å². The van der Waals surface area contributed by atoms with Crippen molar-refractivity contribution in [2.45, 2.75) is 25.7 Å². The van der Waals surface area contributed by atoms with E-state index in [4.69, 9.17) is 22.1 Å². The summed E-state index contributed by atoms with van der Waals surface area (Å²) in [7, 11) is 0. The molecule has 1 fully saturated rings. The first kappa shape index (κ1) is 16.1. The van der Waals surface area contributed by atoms with Gasteiger partial charge >= 0.3 is 0 Å². The molecule has 0 spiro atoms. The van der Waals surface area contributed by atoms with Crippen LogP contribution in [0, 0.1) is 22.7 Å². The Bertz CT molecular complexity index is 620. The Morgan fingerprint density at radius 2 is 1.55 bits per heavy atom. The normalized spacial score (nSPS) is 15.4. The molecule has 0 N–H and O–H groups in total. The SMILES string of the molecule is N#CC(C#N)=CC=C(c1ccc(Cl)cc1)N1CCCCCC1. The molecule has 1 aromatic carbocycles. The Balaban J connectivity index is 2.37. The molecule has 0 amide bonds. The highest BCUT2D eigenvalue weighted by Crippen LogP contribution is 2.24. The maximum atomic E-state index is 8.90. The van der Waals surface area contributed by atoms with E-state index in [1.54, 1.807) is 6.08 Å². The molecule has 1 aliphatic heterocycles. The highest BCUT2D eigenvalue weighted by atomic mass is 35.5. The van der Waals surface area contributed by atoms with Gasteiger partial charge in [0.15, 0.2) is 0 Å². The van der Waals surface area contributed by atoms with Crippen molar-refractivity contribution in [1.82, 2.24) is 4.90 Å². The highest BCUT2D eigenvalue weighted by molar-refractivity contribution is 6.30. The van der Waals surface area contributed by atoms with E-state index in [2.05, 4.69) is 4.90 Å².